The third-order valence-corrected chi connectivity index (χ3v) is 5.60. The van der Waals surface area contributed by atoms with E-state index in [1.165, 1.54) is 16.1 Å². The van der Waals surface area contributed by atoms with E-state index in [1.54, 1.807) is 25.6 Å². The highest BCUT2D eigenvalue weighted by atomic mass is 127. The topological polar surface area (TPSA) is 59.0 Å². The van der Waals surface area contributed by atoms with Gasteiger partial charge in [-0.3, -0.25) is 4.99 Å². The van der Waals surface area contributed by atoms with E-state index >= 15 is 0 Å². The number of aromatic nitrogens is 1. The van der Waals surface area contributed by atoms with Gasteiger partial charge in [-0.05, 0) is 36.1 Å². The van der Waals surface area contributed by atoms with Gasteiger partial charge in [0.2, 0.25) is 0 Å². The van der Waals surface area contributed by atoms with Gasteiger partial charge in [-0.15, -0.1) is 35.3 Å². The van der Waals surface area contributed by atoms with Crippen LogP contribution in [0.15, 0.2) is 22.5 Å². The number of nitrogens with one attached hydrogen (secondary N) is 1. The summed E-state index contributed by atoms with van der Waals surface area (Å²) >= 11 is 1.71. The number of halogens is 1. The molecule has 1 N–H and O–H groups in total. The van der Waals surface area contributed by atoms with Crippen molar-refractivity contribution in [2.24, 2.45) is 4.99 Å². The van der Waals surface area contributed by atoms with Crippen molar-refractivity contribution < 1.29 is 9.47 Å². The normalized spacial score (nSPS) is 13.6. The van der Waals surface area contributed by atoms with Crippen molar-refractivity contribution >= 4 is 41.3 Å². The molecule has 1 aliphatic rings. The summed E-state index contributed by atoms with van der Waals surface area (Å²) in [5, 5.41) is 6.72. The van der Waals surface area contributed by atoms with Crippen molar-refractivity contribution in [3.05, 3.63) is 39.3 Å². The zero-order chi connectivity index (χ0) is 18.5. The second-order valence-electron chi connectivity index (χ2n) is 6.13. The molecule has 8 heteroatoms. The average Bonchev–Trinajstić information content (AvgIpc) is 3.15. The lowest BCUT2D eigenvalue weighted by Crippen LogP contribution is -2.43. The van der Waals surface area contributed by atoms with Gasteiger partial charge in [0.25, 0.3) is 0 Å². The van der Waals surface area contributed by atoms with E-state index in [2.05, 4.69) is 44.6 Å². The van der Waals surface area contributed by atoms with Gasteiger partial charge in [0, 0.05) is 25.5 Å². The molecule has 0 aliphatic carbocycles. The van der Waals surface area contributed by atoms with Gasteiger partial charge in [0.05, 0.1) is 31.5 Å². The maximum atomic E-state index is 5.45. The summed E-state index contributed by atoms with van der Waals surface area (Å²) in [6.45, 7) is 4.54. The van der Waals surface area contributed by atoms with E-state index < -0.39 is 0 Å². The summed E-state index contributed by atoms with van der Waals surface area (Å²) in [5.41, 5.74) is 3.62. The van der Waals surface area contributed by atoms with Crippen molar-refractivity contribution in [1.82, 2.24) is 15.2 Å². The Balaban J connectivity index is 0.00000261. The molecular weight excluding hydrogens is 475 g/mol. The highest BCUT2D eigenvalue weighted by molar-refractivity contribution is 14.0. The molecule has 0 unspecified atom stereocenters. The molecule has 1 aromatic heterocycles. The summed E-state index contributed by atoms with van der Waals surface area (Å²) in [6.07, 6.45) is 1.93. The molecule has 0 atom stereocenters. The molecule has 27 heavy (non-hydrogen) atoms. The quantitative estimate of drug-likeness (QED) is 0.386. The molecule has 6 nitrogen and oxygen atoms in total. The zero-order valence-corrected chi connectivity index (χ0v) is 19.4. The van der Waals surface area contributed by atoms with Gasteiger partial charge < -0.3 is 19.7 Å². The minimum Gasteiger partial charge on any atom is -0.493 e. The molecule has 2 heterocycles. The van der Waals surface area contributed by atoms with Crippen LogP contribution < -0.4 is 14.8 Å². The fourth-order valence-corrected chi connectivity index (χ4v) is 3.90. The predicted octanol–water partition coefficient (Wildman–Crippen LogP) is 3.47. The molecule has 0 bridgehead atoms. The van der Waals surface area contributed by atoms with Gasteiger partial charge in [-0.25, -0.2) is 4.98 Å². The van der Waals surface area contributed by atoms with Gasteiger partial charge >= 0.3 is 0 Å². The monoisotopic (exact) mass is 502 g/mol. The maximum absolute atomic E-state index is 5.45. The average molecular weight is 502 g/mol. The van der Waals surface area contributed by atoms with E-state index in [4.69, 9.17) is 9.47 Å². The number of ether oxygens (including phenoxy) is 2. The summed E-state index contributed by atoms with van der Waals surface area (Å²) in [6, 6.07) is 4.16. The van der Waals surface area contributed by atoms with Crippen molar-refractivity contribution in [2.75, 3.05) is 27.8 Å². The molecule has 3 rings (SSSR count). The number of aliphatic imine (C=N–C) groups is 1. The standard InChI is InChI=1S/C19H26N4O2S.HI/c1-5-18-22-15(12-26-18)10-21-19(20-2)23-7-6-13-8-16(24-3)17(25-4)9-14(13)11-23;/h8-9,12H,5-7,10-11H2,1-4H3,(H,20,21);1H. The van der Waals surface area contributed by atoms with Gasteiger partial charge in [0.1, 0.15) is 0 Å². The van der Waals surface area contributed by atoms with Crippen LogP contribution in [0.5, 0.6) is 11.5 Å². The smallest absolute Gasteiger partial charge is 0.194 e. The minimum atomic E-state index is 0. The molecule has 0 saturated carbocycles. The molecule has 0 radical (unpaired) electrons. The maximum Gasteiger partial charge on any atom is 0.194 e. The largest absolute Gasteiger partial charge is 0.493 e. The van der Waals surface area contributed by atoms with Gasteiger partial charge in [-0.1, -0.05) is 6.92 Å². The fourth-order valence-electron chi connectivity index (χ4n) is 3.16. The fraction of sp³-hybridized carbons (Fsp3) is 0.474. The number of benzene rings is 1. The predicted molar refractivity (Wildman–Crippen MR) is 121 cm³/mol. The Bertz CT molecular complexity index is 794. The molecule has 2 aromatic rings. The van der Waals surface area contributed by atoms with Crippen molar-refractivity contribution in [3.63, 3.8) is 0 Å². The summed E-state index contributed by atoms with van der Waals surface area (Å²) in [4.78, 5) is 11.3. The van der Waals surface area contributed by atoms with Crippen LogP contribution in [0.2, 0.25) is 0 Å². The van der Waals surface area contributed by atoms with Crippen LogP contribution >= 0.6 is 35.3 Å². The third-order valence-electron chi connectivity index (χ3n) is 4.56. The summed E-state index contributed by atoms with van der Waals surface area (Å²) in [7, 11) is 5.17. The Hall–Kier alpha value is -1.55. The van der Waals surface area contributed by atoms with Crippen LogP contribution in [0.25, 0.3) is 0 Å². The van der Waals surface area contributed by atoms with Crippen molar-refractivity contribution in [3.8, 4) is 11.5 Å². The lowest BCUT2D eigenvalue weighted by atomic mass is 9.99. The number of aryl methyl sites for hydroxylation is 1. The first kappa shape index (κ1) is 21.7. The Morgan fingerprint density at radius 2 is 1.96 bits per heavy atom. The van der Waals surface area contributed by atoms with Crippen LogP contribution in [0.3, 0.4) is 0 Å². The van der Waals surface area contributed by atoms with Crippen LogP contribution in [-0.4, -0.2) is 43.7 Å². The van der Waals surface area contributed by atoms with E-state index in [1.807, 2.05) is 7.05 Å². The number of methoxy groups -OCH3 is 2. The van der Waals surface area contributed by atoms with Gasteiger partial charge in [0.15, 0.2) is 17.5 Å². The second-order valence-corrected chi connectivity index (χ2v) is 7.08. The highest BCUT2D eigenvalue weighted by Crippen LogP contribution is 2.33. The number of nitrogens with zero attached hydrogens (tertiary/aromatic N) is 3. The molecule has 0 spiro atoms. The Labute approximate surface area is 182 Å². The molecule has 1 aromatic carbocycles. The molecule has 148 valence electrons. The number of guanidine groups is 1. The van der Waals surface area contributed by atoms with E-state index in [9.17, 15) is 0 Å². The molecule has 0 amide bonds. The third kappa shape index (κ3) is 5.04. The van der Waals surface area contributed by atoms with Crippen molar-refractivity contribution in [1.29, 1.82) is 0 Å². The Morgan fingerprint density at radius 3 is 2.56 bits per heavy atom. The first-order valence-electron chi connectivity index (χ1n) is 8.81. The Kier molecular flexibility index (Phi) is 8.15. The van der Waals surface area contributed by atoms with Crippen LogP contribution in [0.1, 0.15) is 28.8 Å². The second kappa shape index (κ2) is 10.1. The first-order valence-corrected chi connectivity index (χ1v) is 9.69. The first-order chi connectivity index (χ1) is 12.7. The molecular formula is C19H27IN4O2S. The van der Waals surface area contributed by atoms with Gasteiger partial charge in [-0.2, -0.15) is 0 Å². The van der Waals surface area contributed by atoms with E-state index in [-0.39, 0.29) is 24.0 Å². The number of fused-ring (bicyclic) bond motifs is 1. The van der Waals surface area contributed by atoms with E-state index in [0.29, 0.717) is 6.54 Å². The number of hydrogen-bond acceptors (Lipinski definition) is 5. The van der Waals surface area contributed by atoms with Crippen LogP contribution in [0.4, 0.5) is 0 Å². The van der Waals surface area contributed by atoms with E-state index in [0.717, 1.165) is 49.1 Å². The number of thiazole rings is 1. The molecule has 0 saturated heterocycles. The van der Waals surface area contributed by atoms with Crippen LogP contribution in [0, 0.1) is 0 Å². The highest BCUT2D eigenvalue weighted by Gasteiger charge is 2.21. The van der Waals surface area contributed by atoms with Crippen LogP contribution in [-0.2, 0) is 25.9 Å². The molecule has 1 aliphatic heterocycles. The summed E-state index contributed by atoms with van der Waals surface area (Å²) < 4.78 is 10.9. The number of rotatable bonds is 5. The lowest BCUT2D eigenvalue weighted by Gasteiger charge is -2.32. The molecule has 0 fully saturated rings. The zero-order valence-electron chi connectivity index (χ0n) is 16.2. The number of hydrogen-bond donors (Lipinski definition) is 1. The van der Waals surface area contributed by atoms with Crippen molar-refractivity contribution in [2.45, 2.75) is 32.9 Å². The minimum absolute atomic E-state index is 0. The summed E-state index contributed by atoms with van der Waals surface area (Å²) in [5.74, 6) is 2.46. The SMILES string of the molecule is CCc1nc(CNC(=NC)N2CCc3cc(OC)c(OC)cc3C2)cs1.I. The Morgan fingerprint density at radius 1 is 1.26 bits per heavy atom. The lowest BCUT2D eigenvalue weighted by molar-refractivity contribution is 0.346.